The van der Waals surface area contributed by atoms with Crippen LogP contribution in [0.2, 0.25) is 0 Å². The van der Waals surface area contributed by atoms with Crippen LogP contribution in [0.4, 0.5) is 20.6 Å². The third kappa shape index (κ3) is 8.32. The number of ether oxygens (including phenoxy) is 1. The van der Waals surface area contributed by atoms with Crippen LogP contribution in [0.25, 0.3) is 11.0 Å². The Morgan fingerprint density at radius 2 is 1.84 bits per heavy atom. The molecule has 2 fully saturated rings. The molecule has 51 heavy (non-hydrogen) atoms. The molecule has 3 aromatic carbocycles. The summed E-state index contributed by atoms with van der Waals surface area (Å²) >= 11 is 0. The van der Waals surface area contributed by atoms with Crippen LogP contribution in [0.5, 0.6) is 0 Å². The number of anilines is 2. The van der Waals surface area contributed by atoms with Gasteiger partial charge in [-0.1, -0.05) is 18.2 Å². The second-order valence-corrected chi connectivity index (χ2v) is 14.1. The number of rotatable bonds is 13. The molecule has 13 heteroatoms. The van der Waals surface area contributed by atoms with Gasteiger partial charge in [-0.2, -0.15) is 0 Å². The molecule has 0 radical (unpaired) electrons. The van der Waals surface area contributed by atoms with Crippen molar-refractivity contribution in [3.05, 3.63) is 89.5 Å². The number of halogens is 1. The molecule has 1 aromatic heterocycles. The molecule has 2 unspecified atom stereocenters. The van der Waals surface area contributed by atoms with Crippen LogP contribution in [-0.4, -0.2) is 82.2 Å². The van der Waals surface area contributed by atoms with Crippen LogP contribution in [0.15, 0.2) is 66.7 Å². The number of aromatic amines is 1. The van der Waals surface area contributed by atoms with E-state index >= 15 is 0 Å². The molecule has 0 aliphatic carbocycles. The van der Waals surface area contributed by atoms with Crippen molar-refractivity contribution < 1.29 is 28.6 Å². The molecule has 0 bridgehead atoms. The van der Waals surface area contributed by atoms with Gasteiger partial charge in [-0.05, 0) is 106 Å². The van der Waals surface area contributed by atoms with Gasteiger partial charge in [-0.25, -0.2) is 14.2 Å². The lowest BCUT2D eigenvalue weighted by atomic mass is 9.97. The number of benzene rings is 3. The highest BCUT2D eigenvalue weighted by Crippen LogP contribution is 2.33. The zero-order valence-corrected chi connectivity index (χ0v) is 29.2. The second-order valence-electron chi connectivity index (χ2n) is 14.1. The third-order valence-corrected chi connectivity index (χ3v) is 9.82. The third-order valence-electron chi connectivity index (χ3n) is 9.82. The number of carbonyl (C=O) groups is 3. The van der Waals surface area contributed by atoms with E-state index in [1.54, 1.807) is 17.0 Å². The van der Waals surface area contributed by atoms with Crippen molar-refractivity contribution in [3.8, 4) is 0 Å². The summed E-state index contributed by atoms with van der Waals surface area (Å²) in [6.07, 6.45) is 3.43. The van der Waals surface area contributed by atoms with Crippen LogP contribution in [-0.2, 0) is 27.4 Å². The van der Waals surface area contributed by atoms with E-state index in [1.165, 1.54) is 33.1 Å². The molecule has 2 aliphatic heterocycles. The first-order valence-electron chi connectivity index (χ1n) is 17.4. The Labute approximate surface area is 296 Å². The molecule has 2 saturated heterocycles. The smallest absolute Gasteiger partial charge is 0.407 e. The SMILES string of the molecule is COC(=O)N[C@H](C(=O)N1CCCC1c1nc2ccc(CN(Cc3ccc(NCC4(C=O)CCCN4)cc3)c3ccc(F)cc3)cc2[nH]1)C(C)(C)O. The fourth-order valence-corrected chi connectivity index (χ4v) is 6.97. The summed E-state index contributed by atoms with van der Waals surface area (Å²) in [7, 11) is 1.21. The van der Waals surface area contributed by atoms with E-state index in [0.29, 0.717) is 38.4 Å². The molecule has 12 nitrogen and oxygen atoms in total. The van der Waals surface area contributed by atoms with Crippen molar-refractivity contribution in [2.45, 2.75) is 75.8 Å². The van der Waals surface area contributed by atoms with Crippen LogP contribution in [0.3, 0.4) is 0 Å². The first kappa shape index (κ1) is 35.8. The Kier molecular flexibility index (Phi) is 10.6. The van der Waals surface area contributed by atoms with Gasteiger partial charge in [0.05, 0.1) is 35.3 Å². The summed E-state index contributed by atoms with van der Waals surface area (Å²) < 4.78 is 18.6. The number of aliphatic hydroxyl groups is 1. The molecule has 2 amide bonds. The number of amides is 2. The number of aldehydes is 1. The van der Waals surface area contributed by atoms with Crippen molar-refractivity contribution >= 4 is 40.7 Å². The molecule has 4 aromatic rings. The lowest BCUT2D eigenvalue weighted by Gasteiger charge is -2.34. The highest BCUT2D eigenvalue weighted by Gasteiger charge is 2.42. The van der Waals surface area contributed by atoms with Crippen molar-refractivity contribution in [2.75, 3.05) is 37.0 Å². The van der Waals surface area contributed by atoms with Crippen molar-refractivity contribution in [2.24, 2.45) is 0 Å². The number of methoxy groups -OCH3 is 1. The summed E-state index contributed by atoms with van der Waals surface area (Å²) in [5.74, 6) is -0.0850. The Morgan fingerprint density at radius 1 is 1.12 bits per heavy atom. The quantitative estimate of drug-likeness (QED) is 0.124. The van der Waals surface area contributed by atoms with Crippen molar-refractivity contribution in [3.63, 3.8) is 0 Å². The minimum atomic E-state index is -1.52. The van der Waals surface area contributed by atoms with E-state index in [2.05, 4.69) is 38.0 Å². The van der Waals surface area contributed by atoms with E-state index in [9.17, 15) is 23.9 Å². The largest absolute Gasteiger partial charge is 0.453 e. The Morgan fingerprint density at radius 3 is 2.51 bits per heavy atom. The average molecular weight is 700 g/mol. The molecular weight excluding hydrogens is 653 g/mol. The predicted octanol–water partition coefficient (Wildman–Crippen LogP) is 4.80. The van der Waals surface area contributed by atoms with E-state index in [0.717, 1.165) is 65.6 Å². The molecule has 270 valence electrons. The topological polar surface area (TPSA) is 152 Å². The molecule has 0 spiro atoms. The van der Waals surface area contributed by atoms with Gasteiger partial charge in [0, 0.05) is 37.6 Å². The van der Waals surface area contributed by atoms with Crippen LogP contribution < -0.4 is 20.9 Å². The number of hydrogen-bond donors (Lipinski definition) is 5. The van der Waals surface area contributed by atoms with Gasteiger partial charge in [0.15, 0.2) is 0 Å². The number of carbonyl (C=O) groups excluding carboxylic acids is 3. The van der Waals surface area contributed by atoms with E-state index in [-0.39, 0.29) is 11.9 Å². The Bertz CT molecular complexity index is 1830. The maximum absolute atomic E-state index is 13.9. The number of nitrogens with one attached hydrogen (secondary N) is 4. The average Bonchev–Trinajstić information content (AvgIpc) is 3.90. The van der Waals surface area contributed by atoms with E-state index in [1.807, 2.05) is 30.3 Å². The van der Waals surface area contributed by atoms with Gasteiger partial charge in [0.25, 0.3) is 0 Å². The number of H-pyrrole nitrogens is 1. The molecule has 0 saturated carbocycles. The maximum atomic E-state index is 13.9. The summed E-state index contributed by atoms with van der Waals surface area (Å²) in [4.78, 5) is 49.5. The number of aromatic nitrogens is 2. The van der Waals surface area contributed by atoms with Crippen molar-refractivity contribution in [1.82, 2.24) is 25.5 Å². The van der Waals surface area contributed by atoms with Gasteiger partial charge in [-0.3, -0.25) is 4.79 Å². The molecule has 2 aliphatic rings. The fraction of sp³-hybridized carbons (Fsp3) is 0.421. The van der Waals surface area contributed by atoms with E-state index < -0.39 is 29.2 Å². The van der Waals surface area contributed by atoms with Crippen LogP contribution >= 0.6 is 0 Å². The lowest BCUT2D eigenvalue weighted by molar-refractivity contribution is -0.140. The zero-order valence-electron chi connectivity index (χ0n) is 29.2. The highest BCUT2D eigenvalue weighted by molar-refractivity contribution is 5.87. The summed E-state index contributed by atoms with van der Waals surface area (Å²) in [6.45, 7) is 5.88. The van der Waals surface area contributed by atoms with Gasteiger partial charge < -0.3 is 45.4 Å². The van der Waals surface area contributed by atoms with Gasteiger partial charge in [0.2, 0.25) is 5.91 Å². The summed E-state index contributed by atoms with van der Waals surface area (Å²) in [5, 5.41) is 19.9. The lowest BCUT2D eigenvalue weighted by Crippen LogP contribution is -2.58. The normalized spacial score (nSPS) is 19.5. The molecule has 3 atom stereocenters. The number of fused-ring (bicyclic) bond motifs is 1. The number of nitrogens with zero attached hydrogens (tertiary/aromatic N) is 3. The number of likely N-dealkylation sites (tertiary alicyclic amines) is 1. The molecule has 5 N–H and O–H groups in total. The van der Waals surface area contributed by atoms with Gasteiger partial charge in [-0.15, -0.1) is 0 Å². The standard InChI is InChI=1S/C38H46FN7O5/c1-37(2,50)33(44-36(49)51-3)35(48)46-19-4-6-32(46)34-42-30-16-9-26(20-31(30)43-34)22-45(29-14-10-27(39)11-15-29)21-25-7-12-28(13-8-25)40-23-38(24-47)17-5-18-41-38/h7-16,20,24,32-33,40-41,50H,4-6,17-19,21-23H2,1-3H3,(H,42,43)(H,44,49)/t32?,33-,38?/m1/s1. The molecule has 6 rings (SSSR count). The number of alkyl carbamates (subject to hydrolysis) is 1. The number of imidazole rings is 1. The van der Waals surface area contributed by atoms with Gasteiger partial charge in [0.1, 0.15) is 24.0 Å². The first-order valence-corrected chi connectivity index (χ1v) is 17.4. The maximum Gasteiger partial charge on any atom is 0.407 e. The van der Waals surface area contributed by atoms with Crippen molar-refractivity contribution in [1.29, 1.82) is 0 Å². The number of hydrogen-bond acceptors (Lipinski definition) is 9. The van der Waals surface area contributed by atoms with E-state index in [4.69, 9.17) is 9.72 Å². The first-order chi connectivity index (χ1) is 24.5. The molecule has 3 heterocycles. The van der Waals surface area contributed by atoms with Gasteiger partial charge >= 0.3 is 6.09 Å². The summed E-state index contributed by atoms with van der Waals surface area (Å²) in [6, 6.07) is 19.0. The monoisotopic (exact) mass is 699 g/mol. The fourth-order valence-electron chi connectivity index (χ4n) is 6.97. The van der Waals surface area contributed by atoms with Crippen LogP contribution in [0.1, 0.15) is 62.5 Å². The predicted molar refractivity (Wildman–Crippen MR) is 193 cm³/mol. The Hall–Kier alpha value is -5.01. The second kappa shape index (κ2) is 15.1. The van der Waals surface area contributed by atoms with Crippen LogP contribution in [0, 0.1) is 5.82 Å². The zero-order chi connectivity index (χ0) is 36.2. The molecular formula is C38H46FN7O5. The minimum absolute atomic E-state index is 0.306. The minimum Gasteiger partial charge on any atom is -0.453 e. The summed E-state index contributed by atoms with van der Waals surface area (Å²) in [5.41, 5.74) is 3.39. The highest BCUT2D eigenvalue weighted by atomic mass is 19.1. The Balaban J connectivity index is 1.18.